The van der Waals surface area contributed by atoms with Gasteiger partial charge in [0, 0.05) is 17.7 Å². The van der Waals surface area contributed by atoms with Crippen LogP contribution in [-0.2, 0) is 11.5 Å². The lowest BCUT2D eigenvalue weighted by atomic mass is 10.2. The Morgan fingerprint density at radius 1 is 1.15 bits per heavy atom. The van der Waals surface area contributed by atoms with Crippen molar-refractivity contribution in [3.05, 3.63) is 42.0 Å². The molecular weight excluding hydrogens is 276 g/mol. The highest BCUT2D eigenvalue weighted by Crippen LogP contribution is 2.34. The standard InChI is InChI=1S/C14H10N2O3S/c15-14-16-11-4-3-10(6-13(11)20-14)18-9-2-1-8-7-17-19-12(8)5-9/h1-6H,7H2,(H2,15,16). The lowest BCUT2D eigenvalue weighted by Crippen LogP contribution is -1.86. The average molecular weight is 286 g/mol. The smallest absolute Gasteiger partial charge is 0.181 e. The van der Waals surface area contributed by atoms with Crippen molar-refractivity contribution >= 4 is 26.7 Å². The largest absolute Gasteiger partial charge is 0.457 e. The maximum absolute atomic E-state index is 5.82. The highest BCUT2D eigenvalue weighted by molar-refractivity contribution is 7.22. The Balaban J connectivity index is 1.66. The molecule has 2 aromatic carbocycles. The van der Waals surface area contributed by atoms with Gasteiger partial charge in [0.1, 0.15) is 18.1 Å². The minimum absolute atomic E-state index is 0.474. The molecule has 0 atom stereocenters. The SMILES string of the molecule is Nc1nc2ccc(Oc3ccc4c(c3)OOC4)cc2s1. The molecule has 0 radical (unpaired) electrons. The number of nitrogens with zero attached hydrogens (tertiary/aromatic N) is 1. The van der Waals surface area contributed by atoms with Gasteiger partial charge in [-0.2, -0.15) is 4.89 Å². The minimum Gasteiger partial charge on any atom is -0.457 e. The van der Waals surface area contributed by atoms with Crippen LogP contribution in [0, 0.1) is 0 Å². The normalized spacial score (nSPS) is 13.2. The summed E-state index contributed by atoms with van der Waals surface area (Å²) in [4.78, 5) is 14.2. The van der Waals surface area contributed by atoms with Crippen LogP contribution in [-0.4, -0.2) is 4.98 Å². The molecule has 1 aromatic heterocycles. The first-order chi connectivity index (χ1) is 9.78. The van der Waals surface area contributed by atoms with Crippen LogP contribution in [0.25, 0.3) is 10.2 Å². The Hall–Kier alpha value is -2.31. The van der Waals surface area contributed by atoms with Crippen molar-refractivity contribution in [3.63, 3.8) is 0 Å². The summed E-state index contributed by atoms with van der Waals surface area (Å²) in [5.74, 6) is 2.14. The molecule has 0 saturated carbocycles. The summed E-state index contributed by atoms with van der Waals surface area (Å²) in [5, 5.41) is 0.556. The van der Waals surface area contributed by atoms with Gasteiger partial charge in [0.15, 0.2) is 10.9 Å². The first-order valence-corrected chi connectivity index (χ1v) is 6.86. The van der Waals surface area contributed by atoms with Crippen LogP contribution in [0.5, 0.6) is 17.2 Å². The van der Waals surface area contributed by atoms with E-state index in [1.807, 2.05) is 36.4 Å². The molecule has 2 heterocycles. The van der Waals surface area contributed by atoms with Crippen LogP contribution < -0.4 is 15.4 Å². The van der Waals surface area contributed by atoms with E-state index in [-0.39, 0.29) is 0 Å². The molecule has 0 unspecified atom stereocenters. The number of hydrogen-bond acceptors (Lipinski definition) is 6. The van der Waals surface area contributed by atoms with Crippen molar-refractivity contribution in [2.24, 2.45) is 0 Å². The van der Waals surface area contributed by atoms with Crippen molar-refractivity contribution in [3.8, 4) is 17.2 Å². The van der Waals surface area contributed by atoms with Gasteiger partial charge in [-0.1, -0.05) is 11.3 Å². The van der Waals surface area contributed by atoms with Crippen molar-refractivity contribution in [1.82, 2.24) is 4.98 Å². The van der Waals surface area contributed by atoms with Crippen LogP contribution in [0.15, 0.2) is 36.4 Å². The number of rotatable bonds is 2. The summed E-state index contributed by atoms with van der Waals surface area (Å²) in [5.41, 5.74) is 7.59. The fraction of sp³-hybridized carbons (Fsp3) is 0.0714. The molecule has 4 rings (SSSR count). The summed E-state index contributed by atoms with van der Waals surface area (Å²) in [6.07, 6.45) is 0. The van der Waals surface area contributed by atoms with Gasteiger partial charge < -0.3 is 15.4 Å². The molecule has 0 saturated heterocycles. The maximum atomic E-state index is 5.82. The summed E-state index contributed by atoms with van der Waals surface area (Å²) < 4.78 is 6.82. The Bertz CT molecular complexity index is 800. The second kappa shape index (κ2) is 4.36. The fourth-order valence-electron chi connectivity index (χ4n) is 2.07. The van der Waals surface area contributed by atoms with E-state index in [2.05, 4.69) is 4.98 Å². The molecule has 0 aliphatic carbocycles. The van der Waals surface area contributed by atoms with Gasteiger partial charge in [-0.3, -0.25) is 0 Å². The number of ether oxygens (including phenoxy) is 1. The molecule has 2 N–H and O–H groups in total. The number of nitrogens with two attached hydrogens (primary N) is 1. The Morgan fingerprint density at radius 3 is 2.95 bits per heavy atom. The van der Waals surface area contributed by atoms with Gasteiger partial charge in [-0.25, -0.2) is 4.98 Å². The number of fused-ring (bicyclic) bond motifs is 2. The van der Waals surface area contributed by atoms with E-state index in [9.17, 15) is 0 Å². The molecule has 0 fully saturated rings. The summed E-state index contributed by atoms with van der Waals surface area (Å²) in [6.45, 7) is 0.474. The zero-order valence-electron chi connectivity index (χ0n) is 10.3. The van der Waals surface area contributed by atoms with Gasteiger partial charge in [-0.15, -0.1) is 0 Å². The molecule has 100 valence electrons. The van der Waals surface area contributed by atoms with Gasteiger partial charge in [-0.05, 0) is 24.3 Å². The van der Waals surface area contributed by atoms with Crippen LogP contribution in [0.4, 0.5) is 5.13 Å². The molecule has 20 heavy (non-hydrogen) atoms. The minimum atomic E-state index is 0.474. The lowest BCUT2D eigenvalue weighted by molar-refractivity contribution is -0.194. The number of nitrogen functional groups attached to an aromatic ring is 1. The first kappa shape index (κ1) is 11.5. The van der Waals surface area contributed by atoms with E-state index in [4.69, 9.17) is 20.2 Å². The topological polar surface area (TPSA) is 66.6 Å². The predicted octanol–water partition coefficient (Wildman–Crippen LogP) is 3.49. The summed E-state index contributed by atoms with van der Waals surface area (Å²) in [6, 6.07) is 11.3. The van der Waals surface area contributed by atoms with E-state index in [0.29, 0.717) is 23.2 Å². The monoisotopic (exact) mass is 286 g/mol. The number of thiazole rings is 1. The molecular formula is C14H10N2O3S. The second-order valence-electron chi connectivity index (χ2n) is 4.40. The maximum Gasteiger partial charge on any atom is 0.181 e. The van der Waals surface area contributed by atoms with E-state index in [1.165, 1.54) is 11.3 Å². The van der Waals surface area contributed by atoms with Gasteiger partial charge >= 0.3 is 0 Å². The molecule has 1 aliphatic heterocycles. The lowest BCUT2D eigenvalue weighted by Gasteiger charge is -2.06. The number of hydrogen-bond donors (Lipinski definition) is 1. The molecule has 5 nitrogen and oxygen atoms in total. The number of anilines is 1. The van der Waals surface area contributed by atoms with Gasteiger partial charge in [0.25, 0.3) is 0 Å². The Labute approximate surface area is 118 Å². The summed E-state index contributed by atoms with van der Waals surface area (Å²) in [7, 11) is 0. The van der Waals surface area contributed by atoms with Crippen molar-refractivity contribution in [2.75, 3.05) is 5.73 Å². The van der Waals surface area contributed by atoms with E-state index >= 15 is 0 Å². The highest BCUT2D eigenvalue weighted by Gasteiger charge is 2.14. The first-order valence-electron chi connectivity index (χ1n) is 6.04. The third-order valence-corrected chi connectivity index (χ3v) is 3.86. The zero-order valence-corrected chi connectivity index (χ0v) is 11.1. The quantitative estimate of drug-likeness (QED) is 0.730. The van der Waals surface area contributed by atoms with E-state index in [0.717, 1.165) is 21.5 Å². The zero-order chi connectivity index (χ0) is 13.5. The Kier molecular flexibility index (Phi) is 2.51. The van der Waals surface area contributed by atoms with E-state index < -0.39 is 0 Å². The molecule has 6 heteroatoms. The number of aromatic nitrogens is 1. The molecule has 0 bridgehead atoms. The van der Waals surface area contributed by atoms with Crippen molar-refractivity contribution in [1.29, 1.82) is 0 Å². The predicted molar refractivity (Wildman–Crippen MR) is 76.0 cm³/mol. The van der Waals surface area contributed by atoms with Crippen LogP contribution >= 0.6 is 11.3 Å². The fourth-order valence-corrected chi connectivity index (χ4v) is 2.84. The summed E-state index contributed by atoms with van der Waals surface area (Å²) >= 11 is 1.44. The van der Waals surface area contributed by atoms with E-state index in [1.54, 1.807) is 0 Å². The van der Waals surface area contributed by atoms with Gasteiger partial charge in [0.2, 0.25) is 0 Å². The van der Waals surface area contributed by atoms with Crippen LogP contribution in [0.1, 0.15) is 5.56 Å². The molecule has 3 aromatic rings. The molecule has 1 aliphatic rings. The Morgan fingerprint density at radius 2 is 2.00 bits per heavy atom. The third-order valence-electron chi connectivity index (χ3n) is 3.01. The second-order valence-corrected chi connectivity index (χ2v) is 5.46. The third kappa shape index (κ3) is 1.95. The van der Waals surface area contributed by atoms with Crippen molar-refractivity contribution < 1.29 is 14.5 Å². The highest BCUT2D eigenvalue weighted by atomic mass is 32.1. The average Bonchev–Trinajstić information content (AvgIpc) is 3.02. The number of benzene rings is 2. The van der Waals surface area contributed by atoms with Crippen LogP contribution in [0.3, 0.4) is 0 Å². The molecule has 0 amide bonds. The molecule has 0 spiro atoms. The van der Waals surface area contributed by atoms with Gasteiger partial charge in [0.05, 0.1) is 10.2 Å². The van der Waals surface area contributed by atoms with Crippen LogP contribution in [0.2, 0.25) is 0 Å². The van der Waals surface area contributed by atoms with Crippen molar-refractivity contribution in [2.45, 2.75) is 6.61 Å².